The van der Waals surface area contributed by atoms with Crippen LogP contribution in [0.3, 0.4) is 0 Å². The van der Waals surface area contributed by atoms with Crippen molar-refractivity contribution in [2.45, 2.75) is 12.4 Å². The van der Waals surface area contributed by atoms with Crippen molar-refractivity contribution < 1.29 is 31.1 Å². The maximum absolute atomic E-state index is 10.9. The molecule has 0 saturated carbocycles. The molecule has 0 atom stereocenters. The monoisotopic (exact) mass is 206 g/mol. The molecule has 0 aromatic heterocycles. The zero-order valence-electron chi connectivity index (χ0n) is 4.18. The minimum absolute atomic E-state index is 0. The summed E-state index contributed by atoms with van der Waals surface area (Å²) in [5, 5.41) is 0. The molecule has 62 valence electrons. The average molecular weight is 206 g/mol. The molecule has 0 aliphatic heterocycles. The number of rotatable bonds is 0. The third-order valence-electron chi connectivity index (χ3n) is 0.515. The van der Waals surface area contributed by atoms with Crippen molar-refractivity contribution in [1.29, 1.82) is 0 Å². The second-order valence-corrected chi connectivity index (χ2v) is 1.32. The van der Waals surface area contributed by atoms with Gasteiger partial charge in [0.05, 0.1) is 0 Å². The summed E-state index contributed by atoms with van der Waals surface area (Å²) in [5.74, 6) is -3.68. The quantitative estimate of drug-likeness (QED) is 0.427. The van der Waals surface area contributed by atoms with Gasteiger partial charge in [-0.05, 0) is 0 Å². The van der Waals surface area contributed by atoms with Crippen LogP contribution in [0.5, 0.6) is 0 Å². The Bertz CT molecular complexity index is 129. The fourth-order valence-electron chi connectivity index (χ4n) is 0.161. The fraction of sp³-hybridized carbons (Fsp3) is 0.667. The Morgan fingerprint density at radius 2 is 1.00 bits per heavy atom. The molecule has 0 aliphatic carbocycles. The molecule has 0 rings (SSSR count). The Labute approximate surface area is 99.5 Å². The van der Waals surface area contributed by atoms with Gasteiger partial charge in [0.15, 0.2) is 0 Å². The molecule has 0 radical (unpaired) electrons. The number of ketones is 1. The first-order chi connectivity index (χ1) is 4.15. The Hall–Kier alpha value is 0.886. The Morgan fingerprint density at radius 1 is 0.818 bits per heavy atom. The summed E-state index contributed by atoms with van der Waals surface area (Å²) in [7, 11) is 0. The van der Waals surface area contributed by atoms with Gasteiger partial charge in [-0.25, -0.2) is 0 Å². The number of hydrogen-bond donors (Lipinski definition) is 0. The minimum atomic E-state index is -5.82. The van der Waals surface area contributed by atoms with Crippen LogP contribution >= 0.6 is 0 Å². The predicted molar refractivity (Wildman–Crippen MR) is 24.3 cm³/mol. The second-order valence-electron chi connectivity index (χ2n) is 1.32. The summed E-state index contributed by atoms with van der Waals surface area (Å²) < 4.78 is 65.3. The van der Waals surface area contributed by atoms with Crippen molar-refractivity contribution in [2.75, 3.05) is 0 Å². The van der Waals surface area contributed by atoms with Crippen molar-refractivity contribution in [1.82, 2.24) is 0 Å². The Morgan fingerprint density at radius 3 is 1.00 bits per heavy atom. The molecular formula is C3HF6KO. The van der Waals surface area contributed by atoms with E-state index in [0.29, 0.717) is 0 Å². The molecule has 0 amide bonds. The van der Waals surface area contributed by atoms with E-state index < -0.39 is 18.1 Å². The molecule has 11 heavy (non-hydrogen) atoms. The molecule has 0 heterocycles. The summed E-state index contributed by atoms with van der Waals surface area (Å²) in [5.41, 5.74) is 0. The van der Waals surface area contributed by atoms with E-state index in [1.165, 1.54) is 0 Å². The van der Waals surface area contributed by atoms with Crippen LogP contribution < -0.4 is 0 Å². The first-order valence-electron chi connectivity index (χ1n) is 1.84. The number of Topliss-reactive ketones (excluding diaryl/α,β-unsaturated/α-hetero) is 1. The predicted octanol–water partition coefficient (Wildman–Crippen LogP) is 1.03. The number of alkyl halides is 6. The van der Waals surface area contributed by atoms with Crippen LogP contribution in [0.25, 0.3) is 0 Å². The van der Waals surface area contributed by atoms with Crippen LogP contribution in [0.2, 0.25) is 0 Å². The van der Waals surface area contributed by atoms with Crippen molar-refractivity contribution in [3.63, 3.8) is 0 Å². The van der Waals surface area contributed by atoms with Gasteiger partial charge in [-0.3, -0.25) is 4.79 Å². The van der Waals surface area contributed by atoms with E-state index in [1.54, 1.807) is 0 Å². The fourth-order valence-corrected chi connectivity index (χ4v) is 0.161. The van der Waals surface area contributed by atoms with E-state index in [0.717, 1.165) is 0 Å². The SMILES string of the molecule is O=C(C(F)(F)F)C(F)(F)F.[KH]. The van der Waals surface area contributed by atoms with Crippen molar-refractivity contribution in [3.8, 4) is 0 Å². The summed E-state index contributed by atoms with van der Waals surface area (Å²) in [6.07, 6.45) is -11.6. The van der Waals surface area contributed by atoms with Gasteiger partial charge >= 0.3 is 69.5 Å². The first kappa shape index (κ1) is 14.4. The van der Waals surface area contributed by atoms with E-state index in [9.17, 15) is 31.1 Å². The van der Waals surface area contributed by atoms with E-state index in [4.69, 9.17) is 0 Å². The standard InChI is InChI=1S/C3F6O.K.H/c4-2(5,6)1(10)3(7,8)9;;. The second kappa shape index (κ2) is 4.22. The van der Waals surface area contributed by atoms with Crippen LogP contribution in [-0.4, -0.2) is 69.5 Å². The molecule has 0 aromatic rings. The van der Waals surface area contributed by atoms with Gasteiger partial charge in [-0.15, -0.1) is 0 Å². The zero-order valence-corrected chi connectivity index (χ0v) is 4.18. The van der Waals surface area contributed by atoms with Gasteiger partial charge in [0.2, 0.25) is 0 Å². The van der Waals surface area contributed by atoms with Gasteiger partial charge in [0, 0.05) is 0 Å². The van der Waals surface area contributed by atoms with Crippen LogP contribution in [0.1, 0.15) is 0 Å². The molecule has 0 fully saturated rings. The molecule has 0 N–H and O–H groups in total. The molecule has 0 spiro atoms. The topological polar surface area (TPSA) is 17.1 Å². The van der Waals surface area contributed by atoms with Crippen LogP contribution in [-0.2, 0) is 4.79 Å². The summed E-state index contributed by atoms with van der Waals surface area (Å²) in [4.78, 5) is 9.24. The molecule has 0 aromatic carbocycles. The Balaban J connectivity index is 0. The number of carbonyl (C=O) groups is 1. The van der Waals surface area contributed by atoms with E-state index >= 15 is 0 Å². The Kier molecular flexibility index (Phi) is 5.52. The van der Waals surface area contributed by atoms with Gasteiger partial charge < -0.3 is 0 Å². The van der Waals surface area contributed by atoms with Gasteiger partial charge in [0.1, 0.15) is 0 Å². The summed E-state index contributed by atoms with van der Waals surface area (Å²) in [6, 6.07) is 0. The normalized spacial score (nSPS) is 12.2. The molecule has 0 bridgehead atoms. The van der Waals surface area contributed by atoms with Crippen molar-refractivity contribution in [3.05, 3.63) is 0 Å². The van der Waals surface area contributed by atoms with Crippen LogP contribution in [0, 0.1) is 0 Å². The average Bonchev–Trinajstić information content (AvgIpc) is 1.59. The van der Waals surface area contributed by atoms with Crippen LogP contribution in [0.15, 0.2) is 0 Å². The maximum atomic E-state index is 10.9. The summed E-state index contributed by atoms with van der Waals surface area (Å²) in [6.45, 7) is 0. The summed E-state index contributed by atoms with van der Waals surface area (Å²) >= 11 is 0. The number of hydrogen-bond acceptors (Lipinski definition) is 1. The van der Waals surface area contributed by atoms with E-state index in [-0.39, 0.29) is 51.4 Å². The third-order valence-corrected chi connectivity index (χ3v) is 0.515. The third kappa shape index (κ3) is 5.18. The van der Waals surface area contributed by atoms with E-state index in [2.05, 4.69) is 0 Å². The van der Waals surface area contributed by atoms with Gasteiger partial charge in [-0.1, -0.05) is 0 Å². The number of carbonyl (C=O) groups excluding carboxylic acids is 1. The van der Waals surface area contributed by atoms with Gasteiger partial charge in [-0.2, -0.15) is 26.3 Å². The molecule has 8 heteroatoms. The molecule has 0 saturated heterocycles. The molecular weight excluding hydrogens is 205 g/mol. The molecule has 0 unspecified atom stereocenters. The van der Waals surface area contributed by atoms with Gasteiger partial charge in [0.25, 0.3) is 0 Å². The zero-order chi connectivity index (χ0) is 8.58. The van der Waals surface area contributed by atoms with E-state index in [1.807, 2.05) is 0 Å². The van der Waals surface area contributed by atoms with Crippen LogP contribution in [0.4, 0.5) is 26.3 Å². The number of halogens is 6. The molecule has 0 aliphatic rings. The van der Waals surface area contributed by atoms with Crippen molar-refractivity contribution >= 4 is 57.2 Å². The first-order valence-corrected chi connectivity index (χ1v) is 1.84. The molecule has 1 nitrogen and oxygen atoms in total. The van der Waals surface area contributed by atoms with Crippen molar-refractivity contribution in [2.24, 2.45) is 0 Å².